The Morgan fingerprint density at radius 1 is 0.979 bits per heavy atom. The molecule has 0 amide bonds. The minimum Gasteiger partial charge on any atom is -0.497 e. The molecule has 2 heterocycles. The first-order valence-corrected chi connectivity index (χ1v) is 17.1. The standard InChI is InChI=1S/C40H45N3O3S/c1-8-10-24-43(25-11-9-2)32-16-14-31(37(26-32)45-28-30-12-17-33(44-7)18-13-30)15-19-34-20-21-35(47-34)22-23-36-38(42-6)39(29(3)27-41)46-40(36,4)5/h12-23,26H,8-11,24-25,28H2,1-5,7H3/b19-15+,23-22+,39-29+. The van der Waals surface area contributed by atoms with Crippen molar-refractivity contribution in [3.63, 3.8) is 0 Å². The van der Waals surface area contributed by atoms with Gasteiger partial charge >= 0.3 is 0 Å². The molecular formula is C40H45N3O3S. The molecule has 0 radical (unpaired) electrons. The summed E-state index contributed by atoms with van der Waals surface area (Å²) in [6.07, 6.45) is 12.8. The minimum absolute atomic E-state index is 0.372. The fourth-order valence-corrected chi connectivity index (χ4v) is 6.10. The number of rotatable bonds is 15. The van der Waals surface area contributed by atoms with Gasteiger partial charge in [-0.3, -0.25) is 0 Å². The van der Waals surface area contributed by atoms with E-state index in [1.807, 2.05) is 50.3 Å². The van der Waals surface area contributed by atoms with E-state index >= 15 is 0 Å². The summed E-state index contributed by atoms with van der Waals surface area (Å²) in [4.78, 5) is 8.34. The van der Waals surface area contributed by atoms with Crippen molar-refractivity contribution in [2.24, 2.45) is 0 Å². The van der Waals surface area contributed by atoms with Crippen LogP contribution in [0, 0.1) is 17.9 Å². The molecule has 4 rings (SSSR count). The fraction of sp³-hybridized carbons (Fsp3) is 0.350. The lowest BCUT2D eigenvalue weighted by molar-refractivity contribution is 0.0948. The van der Waals surface area contributed by atoms with Crippen molar-refractivity contribution < 1.29 is 14.2 Å². The minimum atomic E-state index is -0.694. The molecule has 0 unspecified atom stereocenters. The summed E-state index contributed by atoms with van der Waals surface area (Å²) in [6, 6.07) is 20.8. The Kier molecular flexibility index (Phi) is 12.5. The Bertz CT molecular complexity index is 1720. The number of benzene rings is 2. The number of thiophene rings is 1. The van der Waals surface area contributed by atoms with Crippen LogP contribution in [0.1, 0.15) is 81.2 Å². The third-order valence-electron chi connectivity index (χ3n) is 8.06. The molecule has 1 aliphatic heterocycles. The van der Waals surface area contributed by atoms with Crippen LogP contribution in [-0.4, -0.2) is 25.8 Å². The zero-order valence-corrected chi connectivity index (χ0v) is 29.2. The second-order valence-electron chi connectivity index (χ2n) is 12.0. The van der Waals surface area contributed by atoms with E-state index in [0.29, 0.717) is 23.6 Å². The van der Waals surface area contributed by atoms with Gasteiger partial charge in [0.2, 0.25) is 5.70 Å². The van der Waals surface area contributed by atoms with Crippen LogP contribution >= 0.6 is 11.3 Å². The summed E-state index contributed by atoms with van der Waals surface area (Å²) in [7, 11) is 1.67. The molecule has 0 atom stereocenters. The SMILES string of the molecule is [C-]#[N+]C1=C(/C=C/c2ccc(/C=C/c3ccc(N(CCCC)CCCC)cc3OCc3ccc(OC)cc3)s2)C(C)(C)O/C1=C(\C)C#N. The van der Waals surface area contributed by atoms with Crippen LogP contribution in [0.3, 0.4) is 0 Å². The highest BCUT2D eigenvalue weighted by Crippen LogP contribution is 2.41. The van der Waals surface area contributed by atoms with Crippen LogP contribution in [0.5, 0.6) is 11.5 Å². The summed E-state index contributed by atoms with van der Waals surface area (Å²) in [6.45, 7) is 20.2. The van der Waals surface area contributed by atoms with Crippen molar-refractivity contribution in [1.82, 2.24) is 0 Å². The summed E-state index contributed by atoms with van der Waals surface area (Å²) in [5, 5.41) is 9.38. The van der Waals surface area contributed by atoms with Gasteiger partial charge in [-0.2, -0.15) is 5.26 Å². The molecule has 47 heavy (non-hydrogen) atoms. The molecule has 1 aromatic heterocycles. The lowest BCUT2D eigenvalue weighted by Gasteiger charge is -2.25. The van der Waals surface area contributed by atoms with E-state index in [-0.39, 0.29) is 0 Å². The second kappa shape index (κ2) is 16.7. The molecule has 3 aromatic rings. The summed E-state index contributed by atoms with van der Waals surface area (Å²) in [5.41, 5.74) is 4.16. The van der Waals surface area contributed by atoms with Crippen molar-refractivity contribution in [3.8, 4) is 17.6 Å². The molecule has 0 fully saturated rings. The van der Waals surface area contributed by atoms with Gasteiger partial charge in [-0.15, -0.1) is 11.3 Å². The van der Waals surface area contributed by atoms with Crippen molar-refractivity contribution >= 4 is 35.3 Å². The van der Waals surface area contributed by atoms with Gasteiger partial charge in [0.15, 0.2) is 0 Å². The molecule has 1 aliphatic rings. The number of ether oxygens (including phenoxy) is 3. The van der Waals surface area contributed by atoms with Crippen LogP contribution in [-0.2, 0) is 11.3 Å². The Balaban J connectivity index is 1.59. The monoisotopic (exact) mass is 647 g/mol. The van der Waals surface area contributed by atoms with E-state index in [4.69, 9.17) is 20.8 Å². The van der Waals surface area contributed by atoms with Crippen LogP contribution in [0.25, 0.3) is 23.1 Å². The van der Waals surface area contributed by atoms with Gasteiger partial charge in [0.1, 0.15) is 29.5 Å². The van der Waals surface area contributed by atoms with Gasteiger partial charge in [0.05, 0.1) is 25.3 Å². The Hall–Kier alpha value is -4.72. The predicted octanol–water partition coefficient (Wildman–Crippen LogP) is 10.7. The molecule has 2 aromatic carbocycles. The zero-order chi connectivity index (χ0) is 33.8. The second-order valence-corrected chi connectivity index (χ2v) is 13.2. The average molecular weight is 648 g/mol. The Morgan fingerprint density at radius 3 is 2.23 bits per heavy atom. The van der Waals surface area contributed by atoms with Gasteiger partial charge in [-0.25, -0.2) is 4.85 Å². The maximum atomic E-state index is 9.38. The average Bonchev–Trinajstić information content (AvgIpc) is 3.65. The van der Waals surface area contributed by atoms with E-state index in [0.717, 1.165) is 76.7 Å². The van der Waals surface area contributed by atoms with Crippen molar-refractivity contribution in [2.45, 2.75) is 72.5 Å². The highest BCUT2D eigenvalue weighted by Gasteiger charge is 2.37. The van der Waals surface area contributed by atoms with Crippen LogP contribution in [0.15, 0.2) is 83.3 Å². The molecule has 0 bridgehead atoms. The number of nitriles is 1. The lowest BCUT2D eigenvalue weighted by Crippen LogP contribution is -2.25. The Morgan fingerprint density at radius 2 is 1.64 bits per heavy atom. The topological polar surface area (TPSA) is 59.1 Å². The van der Waals surface area contributed by atoms with Crippen molar-refractivity contribution in [1.29, 1.82) is 5.26 Å². The van der Waals surface area contributed by atoms with Gasteiger partial charge < -0.3 is 19.1 Å². The molecule has 244 valence electrons. The molecule has 0 N–H and O–H groups in total. The molecular weight excluding hydrogens is 603 g/mol. The number of nitrogens with zero attached hydrogens (tertiary/aromatic N) is 3. The molecule has 0 spiro atoms. The largest absolute Gasteiger partial charge is 0.497 e. The zero-order valence-electron chi connectivity index (χ0n) is 28.4. The van der Waals surface area contributed by atoms with Gasteiger partial charge in [0, 0.05) is 45.7 Å². The third kappa shape index (κ3) is 9.18. The maximum absolute atomic E-state index is 9.38. The number of hydrogen-bond donors (Lipinski definition) is 0. The van der Waals surface area contributed by atoms with Crippen LogP contribution < -0.4 is 14.4 Å². The maximum Gasteiger partial charge on any atom is 0.236 e. The third-order valence-corrected chi connectivity index (χ3v) is 9.08. The van der Waals surface area contributed by atoms with Crippen molar-refractivity contribution in [2.75, 3.05) is 25.1 Å². The smallest absolute Gasteiger partial charge is 0.236 e. The molecule has 6 nitrogen and oxygen atoms in total. The quantitative estimate of drug-likeness (QED) is 0.121. The van der Waals surface area contributed by atoms with Crippen molar-refractivity contribution in [3.05, 3.63) is 116 Å². The van der Waals surface area contributed by atoms with E-state index in [9.17, 15) is 5.26 Å². The van der Waals surface area contributed by atoms with E-state index in [1.54, 1.807) is 25.4 Å². The first kappa shape index (κ1) is 35.1. The highest BCUT2D eigenvalue weighted by atomic mass is 32.1. The van der Waals surface area contributed by atoms with Gasteiger partial charge in [0.25, 0.3) is 0 Å². The summed E-state index contributed by atoms with van der Waals surface area (Å²) >= 11 is 1.66. The lowest BCUT2D eigenvalue weighted by atomic mass is 9.97. The van der Waals surface area contributed by atoms with Crippen LogP contribution in [0.4, 0.5) is 5.69 Å². The Labute approximate surface area is 284 Å². The predicted molar refractivity (Wildman–Crippen MR) is 195 cm³/mol. The van der Waals surface area contributed by atoms with Gasteiger partial charge in [-0.1, -0.05) is 44.9 Å². The fourth-order valence-electron chi connectivity index (χ4n) is 5.28. The highest BCUT2D eigenvalue weighted by molar-refractivity contribution is 7.13. The van der Waals surface area contributed by atoms with E-state index in [1.165, 1.54) is 5.69 Å². The molecule has 0 saturated heterocycles. The first-order valence-electron chi connectivity index (χ1n) is 16.3. The van der Waals surface area contributed by atoms with E-state index in [2.05, 4.69) is 72.1 Å². The van der Waals surface area contributed by atoms with Gasteiger partial charge in [-0.05, 0) is 93.8 Å². The number of methoxy groups -OCH3 is 1. The number of allylic oxidation sites excluding steroid dienone is 1. The first-order chi connectivity index (χ1) is 22.7. The summed E-state index contributed by atoms with van der Waals surface area (Å²) in [5.74, 6) is 2.05. The summed E-state index contributed by atoms with van der Waals surface area (Å²) < 4.78 is 17.8. The molecule has 7 heteroatoms. The molecule has 0 saturated carbocycles. The number of hydrogen-bond acceptors (Lipinski definition) is 6. The van der Waals surface area contributed by atoms with Crippen LogP contribution in [0.2, 0.25) is 0 Å². The number of anilines is 1. The number of unbranched alkanes of at least 4 members (excludes halogenated alkanes) is 2. The van der Waals surface area contributed by atoms with E-state index < -0.39 is 5.60 Å². The normalized spacial score (nSPS) is 15.1. The molecule has 0 aliphatic carbocycles.